The molecule has 5 aromatic rings. The zero-order valence-corrected chi connectivity index (χ0v) is 31.2. The van der Waals surface area contributed by atoms with Crippen LogP contribution in [0, 0.1) is 0 Å². The highest BCUT2D eigenvalue weighted by atomic mass is 15.3. The number of aromatic nitrogens is 1. The first-order chi connectivity index (χ1) is 23.6. The molecule has 2 aliphatic heterocycles. The van der Waals surface area contributed by atoms with E-state index in [1.54, 1.807) is 0 Å². The van der Waals surface area contributed by atoms with Crippen LogP contribution in [0.2, 0.25) is 0 Å². The summed E-state index contributed by atoms with van der Waals surface area (Å²) in [5.74, 6) is 2.06. The number of hydrogen-bond acceptors (Lipinski definition) is 5. The Bertz CT molecular complexity index is 2020. The highest BCUT2D eigenvalue weighted by Gasteiger charge is 2.49. The van der Waals surface area contributed by atoms with Crippen LogP contribution in [-0.4, -0.2) is 38.8 Å². The summed E-state index contributed by atoms with van der Waals surface area (Å²) in [6, 6.07) is 41.4. The third kappa shape index (κ3) is 5.53. The molecule has 0 N–H and O–H groups in total. The topological polar surface area (TPSA) is 44.1 Å². The van der Waals surface area contributed by atoms with Gasteiger partial charge in [-0.3, -0.25) is 9.98 Å². The van der Waals surface area contributed by atoms with Crippen molar-refractivity contribution in [3.63, 3.8) is 0 Å². The van der Waals surface area contributed by atoms with Gasteiger partial charge in [-0.15, -0.1) is 0 Å². The van der Waals surface area contributed by atoms with Gasteiger partial charge < -0.3 is 9.80 Å². The summed E-state index contributed by atoms with van der Waals surface area (Å²) < 4.78 is 0. The quantitative estimate of drug-likeness (QED) is 0.182. The average Bonchev–Trinajstić information content (AvgIpc) is 3.36. The Hall–Kier alpha value is -5.03. The van der Waals surface area contributed by atoms with Gasteiger partial charge in [0.05, 0.1) is 33.5 Å². The molecular weight excluding hydrogens is 611 g/mol. The molecule has 3 heterocycles. The maximum absolute atomic E-state index is 5.37. The maximum Gasteiger partial charge on any atom is 0.102 e. The Morgan fingerprint density at radius 1 is 0.400 bits per heavy atom. The van der Waals surface area contributed by atoms with Crippen LogP contribution in [0.4, 0.5) is 11.4 Å². The lowest BCUT2D eigenvalue weighted by Gasteiger charge is -2.41. The first-order valence-electron chi connectivity index (χ1n) is 17.7. The molecule has 5 nitrogen and oxygen atoms in total. The van der Waals surface area contributed by atoms with E-state index in [0.717, 1.165) is 56.7 Å². The molecule has 254 valence electrons. The van der Waals surface area contributed by atoms with Crippen molar-refractivity contribution in [2.24, 2.45) is 9.98 Å². The first kappa shape index (κ1) is 33.5. The minimum Gasteiger partial charge on any atom is -0.322 e. The predicted molar refractivity (Wildman–Crippen MR) is 213 cm³/mol. The second-order valence-electron chi connectivity index (χ2n) is 15.9. The van der Waals surface area contributed by atoms with E-state index in [2.05, 4.69) is 194 Å². The fraction of sp³-hybridized carbons (Fsp3) is 0.311. The summed E-state index contributed by atoms with van der Waals surface area (Å²) in [6.07, 6.45) is 0. The summed E-state index contributed by atoms with van der Waals surface area (Å²) >= 11 is 0. The van der Waals surface area contributed by atoms with E-state index in [9.17, 15) is 0 Å². The molecule has 7 rings (SSSR count). The summed E-state index contributed by atoms with van der Waals surface area (Å²) in [5, 5.41) is 0. The molecule has 2 aliphatic rings. The molecule has 0 amide bonds. The van der Waals surface area contributed by atoms with E-state index in [1.807, 2.05) is 0 Å². The summed E-state index contributed by atoms with van der Waals surface area (Å²) in [7, 11) is 0. The van der Waals surface area contributed by atoms with E-state index in [4.69, 9.17) is 15.0 Å². The second kappa shape index (κ2) is 11.8. The van der Waals surface area contributed by atoms with Crippen molar-refractivity contribution in [1.82, 2.24) is 4.98 Å². The van der Waals surface area contributed by atoms with Crippen molar-refractivity contribution in [3.05, 3.63) is 115 Å². The number of nitrogens with zero attached hydrogens (tertiary/aromatic N) is 5. The Morgan fingerprint density at radius 3 is 1.18 bits per heavy atom. The molecule has 0 fully saturated rings. The van der Waals surface area contributed by atoms with Crippen molar-refractivity contribution >= 4 is 23.0 Å². The van der Waals surface area contributed by atoms with Gasteiger partial charge in [-0.25, -0.2) is 4.98 Å². The Balaban J connectivity index is 1.35. The van der Waals surface area contributed by atoms with E-state index in [1.165, 1.54) is 11.1 Å². The Labute approximate surface area is 298 Å². The lowest BCUT2D eigenvalue weighted by Crippen LogP contribution is -2.53. The first-order valence-corrected chi connectivity index (χ1v) is 17.7. The molecule has 0 bridgehead atoms. The van der Waals surface area contributed by atoms with E-state index in [0.29, 0.717) is 0 Å². The molecule has 0 aliphatic carbocycles. The average molecular weight is 660 g/mol. The van der Waals surface area contributed by atoms with Gasteiger partial charge in [0.2, 0.25) is 0 Å². The van der Waals surface area contributed by atoms with Crippen molar-refractivity contribution < 1.29 is 0 Å². The lowest BCUT2D eigenvalue weighted by atomic mass is 9.83. The molecule has 1 aromatic heterocycles. The van der Waals surface area contributed by atoms with Gasteiger partial charge in [-0.05, 0) is 128 Å². The van der Waals surface area contributed by atoms with Crippen LogP contribution in [0.1, 0.15) is 69.2 Å². The van der Waals surface area contributed by atoms with Crippen LogP contribution in [0.3, 0.4) is 0 Å². The fourth-order valence-corrected chi connectivity index (χ4v) is 7.65. The molecule has 0 saturated carbocycles. The molecule has 0 saturated heterocycles. The second-order valence-corrected chi connectivity index (χ2v) is 15.9. The molecular formula is C45H49N5. The Morgan fingerprint density at radius 2 is 0.780 bits per heavy atom. The highest BCUT2D eigenvalue weighted by Crippen LogP contribution is 2.43. The number of rotatable bonds is 6. The van der Waals surface area contributed by atoms with Crippen LogP contribution < -0.4 is 9.80 Å². The third-order valence-electron chi connectivity index (χ3n) is 11.6. The number of hydrogen-bond donors (Lipinski definition) is 0. The molecule has 50 heavy (non-hydrogen) atoms. The highest BCUT2D eigenvalue weighted by molar-refractivity contribution is 6.01. The van der Waals surface area contributed by atoms with Gasteiger partial charge in [0.15, 0.2) is 0 Å². The maximum atomic E-state index is 5.37. The standard InChI is InChI=1S/C45H49N5/c1-30-47-42(3,4)44(7,8)49(30)38-20-14-18-35(26-38)40-28-37(34-24-22-33(23-25-34)32-16-12-11-13-17-32)29-41(46-40)36-19-15-21-39(27-36)50-31(2)48-43(5,6)45(50,9)10/h11-29H,1-10H3. The monoisotopic (exact) mass is 659 g/mol. The van der Waals surface area contributed by atoms with Gasteiger partial charge in [0, 0.05) is 22.5 Å². The molecule has 0 spiro atoms. The SMILES string of the molecule is CC1=NC(C)(C)C(C)(C)N1c1cccc(-c2cc(-c3ccc(-c4ccccc4)cc3)cc(-c3cccc(N4C(C)=NC(C)(C)C4(C)C)c3)n2)c1. The molecule has 0 radical (unpaired) electrons. The number of amidine groups is 2. The molecule has 5 heteroatoms. The molecule has 0 atom stereocenters. The van der Waals surface area contributed by atoms with Crippen LogP contribution >= 0.6 is 0 Å². The van der Waals surface area contributed by atoms with Crippen molar-refractivity contribution in [2.45, 2.75) is 91.4 Å². The van der Waals surface area contributed by atoms with Crippen molar-refractivity contribution in [3.8, 4) is 44.8 Å². The zero-order chi connectivity index (χ0) is 35.6. The normalized spacial score (nSPS) is 18.6. The van der Waals surface area contributed by atoms with Crippen molar-refractivity contribution in [1.29, 1.82) is 0 Å². The van der Waals surface area contributed by atoms with Crippen LogP contribution in [0.25, 0.3) is 44.8 Å². The summed E-state index contributed by atoms with van der Waals surface area (Å²) in [6.45, 7) is 22.2. The van der Waals surface area contributed by atoms with Crippen molar-refractivity contribution in [2.75, 3.05) is 9.80 Å². The van der Waals surface area contributed by atoms with E-state index < -0.39 is 0 Å². The fourth-order valence-electron chi connectivity index (χ4n) is 7.65. The van der Waals surface area contributed by atoms with Crippen LogP contribution in [0.5, 0.6) is 0 Å². The van der Waals surface area contributed by atoms with Crippen LogP contribution in [-0.2, 0) is 0 Å². The third-order valence-corrected chi connectivity index (χ3v) is 11.6. The van der Waals surface area contributed by atoms with E-state index >= 15 is 0 Å². The molecule has 0 unspecified atom stereocenters. The minimum absolute atomic E-state index is 0.184. The number of aliphatic imine (C=N–C) groups is 2. The number of pyridine rings is 1. The lowest BCUT2D eigenvalue weighted by molar-refractivity contribution is 0.338. The minimum atomic E-state index is -0.211. The zero-order valence-electron chi connectivity index (χ0n) is 31.2. The van der Waals surface area contributed by atoms with Gasteiger partial charge in [-0.1, -0.05) is 78.9 Å². The predicted octanol–water partition coefficient (Wildman–Crippen LogP) is 11.3. The number of anilines is 2. The van der Waals surface area contributed by atoms with Gasteiger partial charge in [-0.2, -0.15) is 0 Å². The van der Waals surface area contributed by atoms with E-state index in [-0.39, 0.29) is 22.2 Å². The largest absolute Gasteiger partial charge is 0.322 e. The molecule has 4 aromatic carbocycles. The number of benzene rings is 4. The van der Waals surface area contributed by atoms with Gasteiger partial charge >= 0.3 is 0 Å². The van der Waals surface area contributed by atoms with Gasteiger partial charge in [0.1, 0.15) is 11.7 Å². The Kier molecular flexibility index (Phi) is 7.89. The summed E-state index contributed by atoms with van der Waals surface area (Å²) in [4.78, 5) is 20.2. The smallest absolute Gasteiger partial charge is 0.102 e. The van der Waals surface area contributed by atoms with Crippen LogP contribution in [0.15, 0.2) is 125 Å². The van der Waals surface area contributed by atoms with Gasteiger partial charge in [0.25, 0.3) is 0 Å². The summed E-state index contributed by atoms with van der Waals surface area (Å²) in [5.41, 5.74) is 10.1.